The van der Waals surface area contributed by atoms with Crippen LogP contribution in [0.1, 0.15) is 17.7 Å². The van der Waals surface area contributed by atoms with Crippen LogP contribution in [0.25, 0.3) is 99.9 Å². The van der Waals surface area contributed by atoms with E-state index in [1.54, 1.807) is 0 Å². The van der Waals surface area contributed by atoms with Crippen molar-refractivity contribution < 1.29 is 0 Å². The van der Waals surface area contributed by atoms with Crippen molar-refractivity contribution in [1.82, 2.24) is 13.7 Å². The Morgan fingerprint density at radius 2 is 0.807 bits per heavy atom. The highest BCUT2D eigenvalue weighted by molar-refractivity contribution is 6.11. The fourth-order valence-corrected chi connectivity index (χ4v) is 9.51. The van der Waals surface area contributed by atoms with Gasteiger partial charge in [-0.15, -0.1) is 0 Å². The van der Waals surface area contributed by atoms with Crippen molar-refractivity contribution >= 4 is 60.6 Å². The number of allylic oxidation sites excluding steroid dienone is 1. The first kappa shape index (κ1) is 31.9. The van der Waals surface area contributed by atoms with Crippen LogP contribution in [0.2, 0.25) is 0 Å². The summed E-state index contributed by atoms with van der Waals surface area (Å²) in [5, 5.41) is 6.40. The molecule has 11 aromatic rings. The van der Waals surface area contributed by atoms with Gasteiger partial charge in [-0.1, -0.05) is 127 Å². The fourth-order valence-electron chi connectivity index (χ4n) is 9.51. The molecule has 0 N–H and O–H groups in total. The maximum absolute atomic E-state index is 2.46. The van der Waals surface area contributed by atoms with Crippen LogP contribution >= 0.6 is 0 Å². The lowest BCUT2D eigenvalue weighted by atomic mass is 10.0. The van der Waals surface area contributed by atoms with E-state index in [2.05, 4.69) is 214 Å². The second-order valence-corrected chi connectivity index (χ2v) is 15.3. The molecule has 0 unspecified atom stereocenters. The molecule has 0 atom stereocenters. The number of aromatic nitrogens is 3. The zero-order valence-corrected chi connectivity index (χ0v) is 31.3. The molecule has 0 spiro atoms. The van der Waals surface area contributed by atoms with Crippen molar-refractivity contribution in [2.75, 3.05) is 0 Å². The number of nitrogens with zero attached hydrogens (tertiary/aromatic N) is 3. The van der Waals surface area contributed by atoms with E-state index >= 15 is 0 Å². The van der Waals surface area contributed by atoms with Crippen LogP contribution in [0.4, 0.5) is 0 Å². The molecule has 3 nitrogen and oxygen atoms in total. The lowest BCUT2D eigenvalue weighted by Crippen LogP contribution is -2.01. The van der Waals surface area contributed by atoms with Crippen molar-refractivity contribution in [3.8, 4) is 39.3 Å². The van der Waals surface area contributed by atoms with Gasteiger partial charge in [0.2, 0.25) is 0 Å². The van der Waals surface area contributed by atoms with Crippen molar-refractivity contribution in [2.45, 2.75) is 12.8 Å². The molecule has 0 saturated heterocycles. The van der Waals surface area contributed by atoms with Crippen LogP contribution in [0.15, 0.2) is 194 Å². The summed E-state index contributed by atoms with van der Waals surface area (Å²) in [7, 11) is 0. The van der Waals surface area contributed by atoms with Gasteiger partial charge in [0.1, 0.15) is 0 Å². The molecule has 0 fully saturated rings. The number of fused-ring (bicyclic) bond motifs is 9. The number of hydrogen-bond acceptors (Lipinski definition) is 0. The standard InChI is InChI=1S/C54H37N3/c1-2-12-36(13-3-1)39-26-33-53-48(34-39)47-32-31-42(57-51-20-10-6-16-45(51)46-17-7-11-21-52(46)57)35-54(47)56(53)41-29-24-38(25-30-41)37-22-27-40(28-23-37)55-49-18-8-4-14-43(49)44-15-5-9-19-50(44)55/h1-6,8-16,18-35H,7,17H2. The zero-order valence-electron chi connectivity index (χ0n) is 31.3. The van der Waals surface area contributed by atoms with E-state index in [-0.39, 0.29) is 0 Å². The molecule has 57 heavy (non-hydrogen) atoms. The maximum Gasteiger partial charge on any atom is 0.0561 e. The fraction of sp³-hybridized carbons (Fsp3) is 0.0370. The van der Waals surface area contributed by atoms with Crippen molar-refractivity contribution in [1.29, 1.82) is 0 Å². The Bertz CT molecular complexity index is 3320. The molecule has 3 heteroatoms. The highest BCUT2D eigenvalue weighted by atomic mass is 15.0. The molecule has 12 rings (SSSR count). The molecule has 0 bridgehead atoms. The predicted octanol–water partition coefficient (Wildman–Crippen LogP) is 14.1. The summed E-state index contributed by atoms with van der Waals surface area (Å²) in [6.45, 7) is 0. The Hall–Kier alpha value is -7.36. The van der Waals surface area contributed by atoms with E-state index in [0.29, 0.717) is 0 Å². The summed E-state index contributed by atoms with van der Waals surface area (Å²) >= 11 is 0. The van der Waals surface area contributed by atoms with E-state index in [9.17, 15) is 0 Å². The number of para-hydroxylation sites is 3. The third-order valence-electron chi connectivity index (χ3n) is 12.1. The summed E-state index contributed by atoms with van der Waals surface area (Å²) in [4.78, 5) is 0. The summed E-state index contributed by atoms with van der Waals surface area (Å²) in [5.41, 5.74) is 17.2. The Morgan fingerprint density at radius 1 is 0.316 bits per heavy atom. The summed E-state index contributed by atoms with van der Waals surface area (Å²) < 4.78 is 7.29. The Labute approximate surface area is 330 Å². The van der Waals surface area contributed by atoms with Crippen LogP contribution in [-0.2, 0) is 6.42 Å². The molecular formula is C54H37N3. The van der Waals surface area contributed by atoms with Crippen LogP contribution < -0.4 is 0 Å². The van der Waals surface area contributed by atoms with Crippen LogP contribution in [0.5, 0.6) is 0 Å². The topological polar surface area (TPSA) is 14.8 Å². The minimum Gasteiger partial charge on any atom is -0.310 e. The number of aryl methyl sites for hydroxylation is 1. The minimum absolute atomic E-state index is 1.07. The van der Waals surface area contributed by atoms with Crippen LogP contribution in [0.3, 0.4) is 0 Å². The second-order valence-electron chi connectivity index (χ2n) is 15.3. The Morgan fingerprint density at radius 3 is 1.47 bits per heavy atom. The van der Waals surface area contributed by atoms with Gasteiger partial charge in [-0.3, -0.25) is 0 Å². The first-order valence-electron chi connectivity index (χ1n) is 19.9. The highest BCUT2D eigenvalue weighted by Crippen LogP contribution is 2.40. The molecule has 3 heterocycles. The molecule has 3 aromatic heterocycles. The van der Waals surface area contributed by atoms with E-state index < -0.39 is 0 Å². The van der Waals surface area contributed by atoms with Gasteiger partial charge in [0.15, 0.2) is 0 Å². The zero-order chi connectivity index (χ0) is 37.5. The van der Waals surface area contributed by atoms with Crippen LogP contribution in [0, 0.1) is 0 Å². The van der Waals surface area contributed by atoms with Gasteiger partial charge < -0.3 is 13.7 Å². The van der Waals surface area contributed by atoms with Crippen molar-refractivity contribution in [2.24, 2.45) is 0 Å². The van der Waals surface area contributed by atoms with Gasteiger partial charge in [-0.05, 0) is 113 Å². The predicted molar refractivity (Wildman–Crippen MR) is 240 cm³/mol. The third-order valence-corrected chi connectivity index (χ3v) is 12.1. The summed E-state index contributed by atoms with van der Waals surface area (Å²) in [6.07, 6.45) is 6.79. The first-order chi connectivity index (χ1) is 28.3. The second kappa shape index (κ2) is 12.6. The first-order valence-corrected chi connectivity index (χ1v) is 19.9. The molecule has 0 saturated carbocycles. The third kappa shape index (κ3) is 4.92. The maximum atomic E-state index is 2.46. The molecule has 268 valence electrons. The molecule has 8 aromatic carbocycles. The number of rotatable bonds is 5. The van der Waals surface area contributed by atoms with Gasteiger partial charge >= 0.3 is 0 Å². The van der Waals surface area contributed by atoms with Crippen molar-refractivity contribution in [3.05, 3.63) is 205 Å². The molecule has 0 amide bonds. The molecule has 0 radical (unpaired) electrons. The van der Waals surface area contributed by atoms with Gasteiger partial charge in [0, 0.05) is 49.7 Å². The summed E-state index contributed by atoms with van der Waals surface area (Å²) in [6, 6.07) is 69.0. The molecule has 1 aliphatic rings. The van der Waals surface area contributed by atoms with E-state index in [4.69, 9.17) is 0 Å². The molecule has 1 aliphatic carbocycles. The minimum atomic E-state index is 1.07. The highest BCUT2D eigenvalue weighted by Gasteiger charge is 2.20. The van der Waals surface area contributed by atoms with Gasteiger partial charge in [0.25, 0.3) is 0 Å². The average Bonchev–Trinajstić information content (AvgIpc) is 3.92. The van der Waals surface area contributed by atoms with Gasteiger partial charge in [0.05, 0.1) is 27.6 Å². The van der Waals surface area contributed by atoms with Gasteiger partial charge in [-0.2, -0.15) is 0 Å². The lowest BCUT2D eigenvalue weighted by molar-refractivity contribution is 0.968. The smallest absolute Gasteiger partial charge is 0.0561 e. The summed E-state index contributed by atoms with van der Waals surface area (Å²) in [5.74, 6) is 0. The monoisotopic (exact) mass is 727 g/mol. The van der Waals surface area contributed by atoms with E-state index in [0.717, 1.165) is 24.2 Å². The Balaban J connectivity index is 0.990. The quantitative estimate of drug-likeness (QED) is 0.168. The van der Waals surface area contributed by atoms with Gasteiger partial charge in [-0.25, -0.2) is 0 Å². The molecule has 0 aliphatic heterocycles. The van der Waals surface area contributed by atoms with Crippen molar-refractivity contribution in [3.63, 3.8) is 0 Å². The van der Waals surface area contributed by atoms with Crippen LogP contribution in [-0.4, -0.2) is 13.7 Å². The SMILES string of the molecule is C1=Cc2c(c3ccccc3n2-c2ccc3c4cc(-c5ccccc5)ccc4n(-c4ccc(-c5ccc(-n6c7ccccc7c7ccccc76)cc5)cc4)c3c2)CC1. The Kier molecular flexibility index (Phi) is 7.05. The molecular weight excluding hydrogens is 691 g/mol. The number of benzene rings is 8. The normalized spacial score (nSPS) is 12.7. The van der Waals surface area contributed by atoms with E-state index in [1.165, 1.54) is 93.7 Å². The largest absolute Gasteiger partial charge is 0.310 e. The lowest BCUT2D eigenvalue weighted by Gasteiger charge is -2.14. The average molecular weight is 728 g/mol. The number of hydrogen-bond donors (Lipinski definition) is 0. The van der Waals surface area contributed by atoms with E-state index in [1.807, 2.05) is 0 Å².